The molecule has 0 aromatic heterocycles. The summed E-state index contributed by atoms with van der Waals surface area (Å²) in [5, 5.41) is 3.55. The average Bonchev–Trinajstić information content (AvgIpc) is 2.41. The summed E-state index contributed by atoms with van der Waals surface area (Å²) in [6.45, 7) is 5.45. The average molecular weight is 264 g/mol. The van der Waals surface area contributed by atoms with Crippen LogP contribution in [0, 0.1) is 11.7 Å². The molecule has 19 heavy (non-hydrogen) atoms. The van der Waals surface area contributed by atoms with Crippen LogP contribution in [-0.4, -0.2) is 31.6 Å². The van der Waals surface area contributed by atoms with Gasteiger partial charge in [0.25, 0.3) is 0 Å². The minimum atomic E-state index is -0.0948. The van der Waals surface area contributed by atoms with Crippen LogP contribution in [0.4, 0.5) is 4.39 Å². The minimum absolute atomic E-state index is 0.0948. The van der Waals surface area contributed by atoms with Gasteiger partial charge in [-0.1, -0.05) is 25.1 Å². The zero-order chi connectivity index (χ0) is 13.7. The van der Waals surface area contributed by atoms with E-state index in [4.69, 9.17) is 0 Å². The van der Waals surface area contributed by atoms with Crippen molar-refractivity contribution in [1.82, 2.24) is 10.2 Å². The van der Waals surface area contributed by atoms with Crippen LogP contribution in [0.5, 0.6) is 0 Å². The van der Waals surface area contributed by atoms with Gasteiger partial charge in [-0.3, -0.25) is 0 Å². The highest BCUT2D eigenvalue weighted by Crippen LogP contribution is 2.21. The Kier molecular flexibility index (Phi) is 5.34. The monoisotopic (exact) mass is 264 g/mol. The van der Waals surface area contributed by atoms with Gasteiger partial charge in [-0.15, -0.1) is 0 Å². The molecule has 0 bridgehead atoms. The summed E-state index contributed by atoms with van der Waals surface area (Å²) in [6, 6.07) is 7.24. The number of rotatable bonds is 5. The molecule has 2 atom stereocenters. The van der Waals surface area contributed by atoms with Gasteiger partial charge in [0.15, 0.2) is 0 Å². The molecule has 0 radical (unpaired) electrons. The standard InChI is InChI=1S/C16H25FN2/c1-3-16(14-8-4-5-9-15(14)17)18-11-13-7-6-10-19(2)12-13/h4-5,8-9,13,16,18H,3,6-7,10-12H2,1-2H3. The summed E-state index contributed by atoms with van der Waals surface area (Å²) in [5.41, 5.74) is 0.800. The zero-order valence-electron chi connectivity index (χ0n) is 12.0. The Morgan fingerprint density at radius 3 is 2.89 bits per heavy atom. The van der Waals surface area contributed by atoms with Crippen LogP contribution < -0.4 is 5.32 Å². The fourth-order valence-electron chi connectivity index (χ4n) is 2.98. The number of halogens is 1. The van der Waals surface area contributed by atoms with E-state index in [-0.39, 0.29) is 11.9 Å². The smallest absolute Gasteiger partial charge is 0.127 e. The van der Waals surface area contributed by atoms with Crippen LogP contribution in [0.25, 0.3) is 0 Å². The molecule has 1 fully saturated rings. The molecular weight excluding hydrogens is 239 g/mol. The predicted octanol–water partition coefficient (Wildman–Crippen LogP) is 3.21. The van der Waals surface area contributed by atoms with Gasteiger partial charge in [0, 0.05) is 18.2 Å². The molecule has 1 aliphatic heterocycles. The van der Waals surface area contributed by atoms with Crippen molar-refractivity contribution < 1.29 is 4.39 Å². The van der Waals surface area contributed by atoms with E-state index in [2.05, 4.69) is 24.2 Å². The Bertz CT molecular complexity index is 394. The molecule has 2 unspecified atom stereocenters. The van der Waals surface area contributed by atoms with E-state index in [1.165, 1.54) is 19.4 Å². The third-order valence-corrected chi connectivity index (χ3v) is 4.06. The molecule has 0 amide bonds. The molecule has 106 valence electrons. The van der Waals surface area contributed by atoms with Crippen LogP contribution in [0.15, 0.2) is 24.3 Å². The van der Waals surface area contributed by atoms with Crippen molar-refractivity contribution in [2.45, 2.75) is 32.2 Å². The maximum Gasteiger partial charge on any atom is 0.127 e. The van der Waals surface area contributed by atoms with Crippen LogP contribution in [-0.2, 0) is 0 Å². The van der Waals surface area contributed by atoms with E-state index in [1.54, 1.807) is 12.1 Å². The number of benzene rings is 1. The van der Waals surface area contributed by atoms with Gasteiger partial charge in [-0.2, -0.15) is 0 Å². The largest absolute Gasteiger partial charge is 0.310 e. The first-order valence-electron chi connectivity index (χ1n) is 7.37. The van der Waals surface area contributed by atoms with Gasteiger partial charge in [0.2, 0.25) is 0 Å². The summed E-state index contributed by atoms with van der Waals surface area (Å²) in [4.78, 5) is 2.39. The Balaban J connectivity index is 1.91. The van der Waals surface area contributed by atoms with E-state index in [1.807, 2.05) is 12.1 Å². The molecule has 1 aromatic rings. The quantitative estimate of drug-likeness (QED) is 0.878. The summed E-state index contributed by atoms with van der Waals surface area (Å²) in [6.07, 6.45) is 3.48. The van der Waals surface area contributed by atoms with Crippen molar-refractivity contribution in [3.05, 3.63) is 35.6 Å². The van der Waals surface area contributed by atoms with Gasteiger partial charge in [0.05, 0.1) is 0 Å². The fraction of sp³-hybridized carbons (Fsp3) is 0.625. The van der Waals surface area contributed by atoms with Crippen LogP contribution >= 0.6 is 0 Å². The third-order valence-electron chi connectivity index (χ3n) is 4.06. The third kappa shape index (κ3) is 4.02. The molecular formula is C16H25FN2. The molecule has 2 rings (SSSR count). The highest BCUT2D eigenvalue weighted by Gasteiger charge is 2.19. The van der Waals surface area contributed by atoms with Gasteiger partial charge in [-0.25, -0.2) is 4.39 Å². The summed E-state index contributed by atoms with van der Waals surface area (Å²) in [7, 11) is 2.18. The van der Waals surface area contributed by atoms with Gasteiger partial charge in [0.1, 0.15) is 5.82 Å². The molecule has 0 spiro atoms. The zero-order valence-corrected chi connectivity index (χ0v) is 12.0. The van der Waals surface area contributed by atoms with Crippen molar-refractivity contribution in [2.24, 2.45) is 5.92 Å². The van der Waals surface area contributed by atoms with Gasteiger partial charge >= 0.3 is 0 Å². The van der Waals surface area contributed by atoms with E-state index < -0.39 is 0 Å². The Labute approximate surface area is 116 Å². The second-order valence-electron chi connectivity index (χ2n) is 5.66. The van der Waals surface area contributed by atoms with Crippen molar-refractivity contribution >= 4 is 0 Å². The Morgan fingerprint density at radius 2 is 2.21 bits per heavy atom. The molecule has 1 saturated heterocycles. The topological polar surface area (TPSA) is 15.3 Å². The molecule has 3 heteroatoms. The first kappa shape index (κ1) is 14.5. The molecule has 0 saturated carbocycles. The molecule has 2 nitrogen and oxygen atoms in total. The SMILES string of the molecule is CCC(NCC1CCCN(C)C1)c1ccccc1F. The Morgan fingerprint density at radius 1 is 1.42 bits per heavy atom. The molecule has 1 heterocycles. The summed E-state index contributed by atoms with van der Waals surface area (Å²) < 4.78 is 13.8. The highest BCUT2D eigenvalue weighted by molar-refractivity contribution is 5.21. The number of hydrogen-bond acceptors (Lipinski definition) is 2. The summed E-state index contributed by atoms with van der Waals surface area (Å²) in [5.74, 6) is 0.599. The van der Waals surface area contributed by atoms with Gasteiger partial charge in [-0.05, 0) is 51.4 Å². The van der Waals surface area contributed by atoms with Crippen LogP contribution in [0.2, 0.25) is 0 Å². The second kappa shape index (κ2) is 7.01. The minimum Gasteiger partial charge on any atom is -0.310 e. The maximum absolute atomic E-state index is 13.8. The Hall–Kier alpha value is -0.930. The number of nitrogens with zero attached hydrogens (tertiary/aromatic N) is 1. The molecule has 1 aliphatic rings. The predicted molar refractivity (Wildman–Crippen MR) is 77.7 cm³/mol. The van der Waals surface area contributed by atoms with E-state index in [0.29, 0.717) is 5.92 Å². The molecule has 1 N–H and O–H groups in total. The summed E-state index contributed by atoms with van der Waals surface area (Å²) >= 11 is 0. The first-order chi connectivity index (χ1) is 9.20. The number of hydrogen-bond donors (Lipinski definition) is 1. The number of nitrogens with one attached hydrogen (secondary N) is 1. The van der Waals surface area contributed by atoms with Crippen LogP contribution in [0.3, 0.4) is 0 Å². The highest BCUT2D eigenvalue weighted by atomic mass is 19.1. The van der Waals surface area contributed by atoms with E-state index >= 15 is 0 Å². The lowest BCUT2D eigenvalue weighted by molar-refractivity contribution is 0.202. The van der Waals surface area contributed by atoms with Crippen LogP contribution in [0.1, 0.15) is 37.8 Å². The number of piperidine rings is 1. The van der Waals surface area contributed by atoms with Crippen molar-refractivity contribution in [1.29, 1.82) is 0 Å². The lowest BCUT2D eigenvalue weighted by Gasteiger charge is -2.31. The first-order valence-corrected chi connectivity index (χ1v) is 7.37. The lowest BCUT2D eigenvalue weighted by atomic mass is 9.97. The van der Waals surface area contributed by atoms with Crippen molar-refractivity contribution in [3.63, 3.8) is 0 Å². The molecule has 1 aromatic carbocycles. The normalized spacial score (nSPS) is 22.4. The van der Waals surface area contributed by atoms with Gasteiger partial charge < -0.3 is 10.2 Å². The fourth-order valence-corrected chi connectivity index (χ4v) is 2.98. The van der Waals surface area contributed by atoms with E-state index in [0.717, 1.165) is 25.1 Å². The van der Waals surface area contributed by atoms with E-state index in [9.17, 15) is 4.39 Å². The number of likely N-dealkylation sites (tertiary alicyclic amines) is 1. The molecule has 0 aliphatic carbocycles. The van der Waals surface area contributed by atoms with Crippen molar-refractivity contribution in [3.8, 4) is 0 Å². The lowest BCUT2D eigenvalue weighted by Crippen LogP contribution is -2.38. The van der Waals surface area contributed by atoms with Crippen molar-refractivity contribution in [2.75, 3.05) is 26.7 Å². The maximum atomic E-state index is 13.8. The second-order valence-corrected chi connectivity index (χ2v) is 5.66.